The highest BCUT2D eigenvalue weighted by molar-refractivity contribution is 6.44. The first-order chi connectivity index (χ1) is 43.9. The van der Waals surface area contributed by atoms with Crippen LogP contribution in [0.3, 0.4) is 0 Å². The minimum Gasteiger partial charge on any atom is -0.489 e. The van der Waals surface area contributed by atoms with Gasteiger partial charge in [-0.05, 0) is 140 Å². The summed E-state index contributed by atoms with van der Waals surface area (Å²) in [6, 6.07) is 45.0. The lowest BCUT2D eigenvalue weighted by Gasteiger charge is -2.56. The Hall–Kier alpha value is -6.07. The standard InChI is InChI=1S/C73H96F6O10Si3/c1-8-9-10-17-28-64(86-65-29-20-18-26-62(65)56-35-39-58(40-36-56)67(80)84-60-43-31-54(32-44-60)51-82-49-24-15-11-13-22-47-72(74,75)76)53(2)69(3,4)70(5,6)71(7,91-89-92-88-90)87-66-30-21-19-27-63(66)57-37-41-59(42-38-57)68(81)85-61-45-33-55(34-46-61)52-83-50-25-16-12-14-23-48-73(77,78)79/h18-21,26-27,29-46,53,64H,8-17,22-25,28,47-52,91-92H2,1-7,90H3. The number of alkyl halides is 6. The summed E-state index contributed by atoms with van der Waals surface area (Å²) in [5, 5.41) is -0.771. The summed E-state index contributed by atoms with van der Waals surface area (Å²) < 4.78 is 124. The van der Waals surface area contributed by atoms with Crippen LogP contribution in [-0.4, -0.2) is 79.1 Å². The molecule has 502 valence electrons. The van der Waals surface area contributed by atoms with Crippen LogP contribution in [0.25, 0.3) is 22.3 Å². The number of hydrogen-bond donors (Lipinski definition) is 0. The number of halogens is 6. The second-order valence-corrected chi connectivity index (χ2v) is 31.1. The topological polar surface area (TPSA) is 108 Å². The Morgan fingerprint density at radius 2 is 0.935 bits per heavy atom. The van der Waals surface area contributed by atoms with Gasteiger partial charge in [0.1, 0.15) is 44.8 Å². The van der Waals surface area contributed by atoms with E-state index in [4.69, 9.17) is 36.7 Å². The molecule has 0 saturated carbocycles. The molecule has 0 aliphatic rings. The number of carbonyl (C=O) groups excluding carboxylic acids is 2. The van der Waals surface area contributed by atoms with Crippen LogP contribution in [0, 0.1) is 16.7 Å². The normalized spacial score (nSPS) is 13.8. The smallest absolute Gasteiger partial charge is 0.389 e. The highest BCUT2D eigenvalue weighted by Crippen LogP contribution is 2.54. The van der Waals surface area contributed by atoms with Gasteiger partial charge in [0.25, 0.3) is 10.0 Å². The van der Waals surface area contributed by atoms with Gasteiger partial charge in [-0.2, -0.15) is 26.3 Å². The van der Waals surface area contributed by atoms with Crippen LogP contribution in [0.4, 0.5) is 26.3 Å². The fourth-order valence-corrected chi connectivity index (χ4v) is 16.4. The van der Waals surface area contributed by atoms with Crippen molar-refractivity contribution in [1.82, 2.24) is 0 Å². The molecule has 92 heavy (non-hydrogen) atoms. The highest BCUT2D eigenvalue weighted by Gasteiger charge is 2.56. The van der Waals surface area contributed by atoms with Crippen LogP contribution in [0.1, 0.15) is 189 Å². The first kappa shape index (κ1) is 75.0. The minimum atomic E-state index is -4.10. The number of para-hydroxylation sites is 2. The molecule has 0 aliphatic heterocycles. The second kappa shape index (κ2) is 37.1. The van der Waals surface area contributed by atoms with E-state index in [-0.39, 0.29) is 24.9 Å². The minimum absolute atomic E-state index is 0.00264. The predicted octanol–water partition coefficient (Wildman–Crippen LogP) is 17.9. The molecule has 0 aliphatic carbocycles. The maximum Gasteiger partial charge on any atom is 0.389 e. The summed E-state index contributed by atoms with van der Waals surface area (Å²) in [6.45, 7) is 17.7. The Balaban J connectivity index is 1.09. The number of rotatable bonds is 41. The first-order valence-electron chi connectivity index (χ1n) is 32.7. The van der Waals surface area contributed by atoms with Gasteiger partial charge in [-0.25, -0.2) is 9.59 Å². The van der Waals surface area contributed by atoms with Crippen molar-refractivity contribution < 1.29 is 72.6 Å². The molecule has 0 radical (unpaired) electrons. The lowest BCUT2D eigenvalue weighted by molar-refractivity contribution is -0.136. The highest BCUT2D eigenvalue weighted by atomic mass is 28.3. The Morgan fingerprint density at radius 1 is 0.511 bits per heavy atom. The average Bonchev–Trinajstić information content (AvgIpc) is 0.776. The number of ether oxygens (including phenoxy) is 6. The van der Waals surface area contributed by atoms with Crippen molar-refractivity contribution in [3.05, 3.63) is 168 Å². The van der Waals surface area contributed by atoms with Gasteiger partial charge in [-0.3, -0.25) is 0 Å². The molecule has 0 N–H and O–H groups in total. The van der Waals surface area contributed by atoms with Crippen molar-refractivity contribution in [1.29, 1.82) is 0 Å². The number of unbranched alkanes of at least 4 members (excludes halogenated alkanes) is 11. The summed E-state index contributed by atoms with van der Waals surface area (Å²) in [5.74, 6) is 1.25. The maximum atomic E-state index is 13.5. The number of carbonyl (C=O) groups is 2. The molecule has 0 spiro atoms. The lowest BCUT2D eigenvalue weighted by Crippen LogP contribution is -2.61. The average molecular weight is 1330 g/mol. The van der Waals surface area contributed by atoms with E-state index in [0.29, 0.717) is 78.1 Å². The zero-order valence-corrected chi connectivity index (χ0v) is 60.0. The molecule has 0 amide bonds. The van der Waals surface area contributed by atoms with Crippen LogP contribution in [0.15, 0.2) is 146 Å². The zero-order valence-electron chi connectivity index (χ0n) is 55.1. The molecule has 6 rings (SSSR count). The van der Waals surface area contributed by atoms with Gasteiger partial charge in [-0.1, -0.05) is 184 Å². The third kappa shape index (κ3) is 24.0. The molecule has 0 aromatic heterocycles. The SMILES string of the molecule is CCCCCCC(Oc1ccccc1-c1ccc(C(=O)Oc2ccc(COCCCCCCCC(F)(F)F)cc2)cc1)C(C)C(C)(C)C(C)(C)C(C)(Oc1ccccc1-c1ccc(C(=O)Oc2ccc(COCCCCCCCC(F)(F)F)cc2)cc1)[SiH2]O[SiH2]O[SiH3]. The van der Waals surface area contributed by atoms with E-state index < -0.39 is 73.0 Å². The van der Waals surface area contributed by atoms with Crippen molar-refractivity contribution in [3.8, 4) is 45.3 Å². The zero-order chi connectivity index (χ0) is 66.6. The maximum absolute atomic E-state index is 13.5. The predicted molar refractivity (Wildman–Crippen MR) is 362 cm³/mol. The van der Waals surface area contributed by atoms with Crippen molar-refractivity contribution in [2.24, 2.45) is 16.7 Å². The molecule has 0 heterocycles. The molecule has 3 atom stereocenters. The fraction of sp³-hybridized carbons (Fsp3) is 0.479. The number of esters is 2. The lowest BCUT2D eigenvalue weighted by atomic mass is 9.57. The third-order valence-corrected chi connectivity index (χ3v) is 22.1. The van der Waals surface area contributed by atoms with Gasteiger partial charge in [0.15, 0.2) is 9.76 Å². The van der Waals surface area contributed by atoms with Crippen LogP contribution in [0.2, 0.25) is 0 Å². The van der Waals surface area contributed by atoms with E-state index in [0.717, 1.165) is 110 Å². The van der Waals surface area contributed by atoms with E-state index in [1.807, 2.05) is 97.1 Å². The van der Waals surface area contributed by atoms with Crippen molar-refractivity contribution in [2.45, 2.75) is 195 Å². The summed E-state index contributed by atoms with van der Waals surface area (Å²) >= 11 is 0. The molecule has 19 heteroatoms. The molecule has 3 unspecified atom stereocenters. The third-order valence-electron chi connectivity index (χ3n) is 18.1. The quantitative estimate of drug-likeness (QED) is 0.0121. The fourth-order valence-electron chi connectivity index (χ4n) is 11.3. The summed E-state index contributed by atoms with van der Waals surface area (Å²) in [6.07, 6.45) is 1.40. The summed E-state index contributed by atoms with van der Waals surface area (Å²) in [4.78, 5) is 26.9. The van der Waals surface area contributed by atoms with E-state index >= 15 is 0 Å². The molecule has 0 fully saturated rings. The van der Waals surface area contributed by atoms with Crippen molar-refractivity contribution in [3.63, 3.8) is 0 Å². The number of benzene rings is 6. The van der Waals surface area contributed by atoms with Gasteiger partial charge in [-0.15, -0.1) is 0 Å². The van der Waals surface area contributed by atoms with E-state index in [1.54, 1.807) is 48.5 Å². The van der Waals surface area contributed by atoms with Gasteiger partial charge in [0.2, 0.25) is 0 Å². The van der Waals surface area contributed by atoms with Crippen molar-refractivity contribution >= 4 is 42.2 Å². The molecule has 0 bridgehead atoms. The monoisotopic (exact) mass is 1330 g/mol. The first-order valence-corrected chi connectivity index (χ1v) is 35.9. The Labute approximate surface area is 549 Å². The Morgan fingerprint density at radius 3 is 1.39 bits per heavy atom. The molecule has 6 aromatic carbocycles. The molecule has 6 aromatic rings. The summed E-state index contributed by atoms with van der Waals surface area (Å²) in [7, 11) is -2.06. The van der Waals surface area contributed by atoms with Crippen molar-refractivity contribution in [2.75, 3.05) is 13.2 Å². The van der Waals surface area contributed by atoms with E-state index in [1.165, 1.54) is 0 Å². The molecular weight excluding hydrogens is 1240 g/mol. The van der Waals surface area contributed by atoms with Gasteiger partial charge in [0, 0.05) is 42.6 Å². The van der Waals surface area contributed by atoms with Crippen LogP contribution < -0.4 is 18.9 Å². The van der Waals surface area contributed by atoms with E-state index in [9.17, 15) is 35.9 Å². The second-order valence-electron chi connectivity index (χ2n) is 25.3. The largest absolute Gasteiger partial charge is 0.489 e. The molecule has 0 saturated heterocycles. The van der Waals surface area contributed by atoms with Gasteiger partial charge in [0.05, 0.1) is 24.3 Å². The van der Waals surface area contributed by atoms with Gasteiger partial charge < -0.3 is 36.7 Å². The van der Waals surface area contributed by atoms with E-state index in [2.05, 4.69) is 48.5 Å². The van der Waals surface area contributed by atoms with Gasteiger partial charge >= 0.3 is 24.3 Å². The Bertz CT molecular complexity index is 3120. The number of hydrogen-bond acceptors (Lipinski definition) is 10. The Kier molecular flexibility index (Phi) is 30.3. The summed E-state index contributed by atoms with van der Waals surface area (Å²) in [5.41, 5.74) is 5.18. The van der Waals surface area contributed by atoms with Crippen LogP contribution in [0.5, 0.6) is 23.0 Å². The molecular formula is C73H96F6O10Si3. The van der Waals surface area contributed by atoms with Crippen LogP contribution in [-0.2, 0) is 30.9 Å². The molecule has 10 nitrogen and oxygen atoms in total. The van der Waals surface area contributed by atoms with Crippen LogP contribution >= 0.6 is 0 Å².